The van der Waals surface area contributed by atoms with Crippen molar-refractivity contribution in [3.63, 3.8) is 0 Å². The number of hydrogen-bond donors (Lipinski definition) is 1. The third-order valence-corrected chi connectivity index (χ3v) is 3.06. The van der Waals surface area contributed by atoms with E-state index in [1.54, 1.807) is 0 Å². The van der Waals surface area contributed by atoms with Crippen LogP contribution in [0.15, 0.2) is 0 Å². The topological polar surface area (TPSA) is 29.3 Å². The summed E-state index contributed by atoms with van der Waals surface area (Å²) in [5, 5.41) is 0. The minimum Gasteiger partial charge on any atom is -0.330 e. The highest BCUT2D eigenvalue weighted by Gasteiger charge is 1.93. The summed E-state index contributed by atoms with van der Waals surface area (Å²) in [6, 6.07) is 0. The Morgan fingerprint density at radius 2 is 1.00 bits per heavy atom. The number of halogens is 1. The number of unbranched alkanes of at least 4 members (excludes halogenated alkanes) is 9. The van der Waals surface area contributed by atoms with Crippen LogP contribution < -0.4 is 5.73 Å². The first-order valence-corrected chi connectivity index (χ1v) is 7.12. The Labute approximate surface area is 115 Å². The highest BCUT2D eigenvalue weighted by atomic mass is 35.5. The van der Waals surface area contributed by atoms with Gasteiger partial charge in [-0.2, -0.15) is 0 Å². The molecule has 0 fully saturated rings. The van der Waals surface area contributed by atoms with E-state index in [2.05, 4.69) is 19.0 Å². The van der Waals surface area contributed by atoms with Gasteiger partial charge in [-0.3, -0.25) is 0 Å². The van der Waals surface area contributed by atoms with Crippen molar-refractivity contribution in [2.45, 2.75) is 64.2 Å². The van der Waals surface area contributed by atoms with Crippen molar-refractivity contribution in [2.75, 3.05) is 27.2 Å². The van der Waals surface area contributed by atoms with Crippen molar-refractivity contribution in [3.05, 3.63) is 0 Å². The lowest BCUT2D eigenvalue weighted by atomic mass is 10.1. The molecule has 17 heavy (non-hydrogen) atoms. The maximum atomic E-state index is 5.46. The lowest BCUT2D eigenvalue weighted by Crippen LogP contribution is -2.12. The van der Waals surface area contributed by atoms with E-state index in [4.69, 9.17) is 5.73 Å². The fourth-order valence-electron chi connectivity index (χ4n) is 1.99. The van der Waals surface area contributed by atoms with Gasteiger partial charge in [-0.05, 0) is 40.0 Å². The molecule has 2 N–H and O–H groups in total. The summed E-state index contributed by atoms with van der Waals surface area (Å²) in [6.07, 6.45) is 13.8. The zero-order valence-electron chi connectivity index (χ0n) is 11.9. The number of hydrogen-bond acceptors (Lipinski definition) is 2. The van der Waals surface area contributed by atoms with E-state index < -0.39 is 0 Å². The molecule has 3 heteroatoms. The second-order valence-electron chi connectivity index (χ2n) is 5.13. The summed E-state index contributed by atoms with van der Waals surface area (Å²) in [4.78, 5) is 2.28. The van der Waals surface area contributed by atoms with E-state index in [1.165, 1.54) is 70.8 Å². The fourth-order valence-corrected chi connectivity index (χ4v) is 1.99. The van der Waals surface area contributed by atoms with Crippen molar-refractivity contribution in [3.8, 4) is 0 Å². The van der Waals surface area contributed by atoms with Crippen molar-refractivity contribution in [1.29, 1.82) is 0 Å². The van der Waals surface area contributed by atoms with Gasteiger partial charge in [0, 0.05) is 0 Å². The minimum absolute atomic E-state index is 0. The number of nitrogens with zero attached hydrogens (tertiary/aromatic N) is 1. The van der Waals surface area contributed by atoms with Crippen molar-refractivity contribution < 1.29 is 0 Å². The van der Waals surface area contributed by atoms with E-state index in [0.29, 0.717) is 0 Å². The first-order chi connectivity index (χ1) is 7.77. The molecular weight excluding hydrogens is 232 g/mol. The molecular formula is C14H33ClN2. The lowest BCUT2D eigenvalue weighted by molar-refractivity contribution is 0.389. The second-order valence-corrected chi connectivity index (χ2v) is 5.13. The van der Waals surface area contributed by atoms with Gasteiger partial charge in [-0.1, -0.05) is 51.4 Å². The minimum atomic E-state index is 0. The van der Waals surface area contributed by atoms with E-state index in [0.717, 1.165) is 6.54 Å². The van der Waals surface area contributed by atoms with Gasteiger partial charge in [0.25, 0.3) is 0 Å². The van der Waals surface area contributed by atoms with Gasteiger partial charge in [0.15, 0.2) is 0 Å². The van der Waals surface area contributed by atoms with Gasteiger partial charge in [0.2, 0.25) is 0 Å². The summed E-state index contributed by atoms with van der Waals surface area (Å²) in [7, 11) is 4.31. The van der Waals surface area contributed by atoms with Gasteiger partial charge >= 0.3 is 0 Å². The highest BCUT2D eigenvalue weighted by Crippen LogP contribution is 2.10. The van der Waals surface area contributed by atoms with Gasteiger partial charge in [-0.15, -0.1) is 12.4 Å². The van der Waals surface area contributed by atoms with E-state index in [9.17, 15) is 0 Å². The van der Waals surface area contributed by atoms with Crippen molar-refractivity contribution >= 4 is 12.4 Å². The van der Waals surface area contributed by atoms with Crippen molar-refractivity contribution in [2.24, 2.45) is 5.73 Å². The largest absolute Gasteiger partial charge is 0.330 e. The van der Waals surface area contributed by atoms with Crippen LogP contribution in [0, 0.1) is 0 Å². The van der Waals surface area contributed by atoms with Crippen LogP contribution in [-0.2, 0) is 0 Å². The normalized spacial score (nSPS) is 10.6. The van der Waals surface area contributed by atoms with Crippen LogP contribution in [0.4, 0.5) is 0 Å². The Morgan fingerprint density at radius 1 is 0.647 bits per heavy atom. The zero-order valence-corrected chi connectivity index (χ0v) is 12.7. The molecule has 2 nitrogen and oxygen atoms in total. The van der Waals surface area contributed by atoms with Crippen molar-refractivity contribution in [1.82, 2.24) is 4.90 Å². The van der Waals surface area contributed by atoms with Gasteiger partial charge < -0.3 is 10.6 Å². The molecule has 0 aromatic rings. The maximum absolute atomic E-state index is 5.46. The molecule has 0 unspecified atom stereocenters. The van der Waals surface area contributed by atoms with Crippen LogP contribution in [0.5, 0.6) is 0 Å². The molecule has 0 aliphatic rings. The van der Waals surface area contributed by atoms with E-state index >= 15 is 0 Å². The Hall–Kier alpha value is 0.210. The first kappa shape index (κ1) is 19.5. The summed E-state index contributed by atoms with van der Waals surface area (Å²) in [6.45, 7) is 2.12. The molecule has 0 aliphatic heterocycles. The van der Waals surface area contributed by atoms with E-state index in [1.807, 2.05) is 0 Å². The van der Waals surface area contributed by atoms with Gasteiger partial charge in [-0.25, -0.2) is 0 Å². The molecule has 0 atom stereocenters. The summed E-state index contributed by atoms with van der Waals surface area (Å²) in [5.74, 6) is 0. The molecule has 0 radical (unpaired) electrons. The molecule has 0 heterocycles. The van der Waals surface area contributed by atoms with Crippen LogP contribution in [0.3, 0.4) is 0 Å². The number of rotatable bonds is 12. The second kappa shape index (κ2) is 16.2. The third-order valence-electron chi connectivity index (χ3n) is 3.06. The third kappa shape index (κ3) is 18.8. The summed E-state index contributed by atoms with van der Waals surface area (Å²) in [5.41, 5.74) is 5.46. The average Bonchev–Trinajstić information content (AvgIpc) is 2.25. The molecule has 0 aromatic heterocycles. The van der Waals surface area contributed by atoms with Crippen LogP contribution in [0.2, 0.25) is 0 Å². The molecule has 0 aliphatic carbocycles. The van der Waals surface area contributed by atoms with E-state index in [-0.39, 0.29) is 12.4 Å². The SMILES string of the molecule is CN(C)CCCCCCCCCCCCN.Cl. The average molecular weight is 265 g/mol. The predicted octanol–water partition coefficient (Wildman–Crippen LogP) is 3.83. The van der Waals surface area contributed by atoms with Crippen LogP contribution in [-0.4, -0.2) is 32.1 Å². The van der Waals surface area contributed by atoms with Crippen LogP contribution in [0.25, 0.3) is 0 Å². The zero-order chi connectivity index (χ0) is 12.1. The Bertz CT molecular complexity index is 129. The summed E-state index contributed by atoms with van der Waals surface area (Å²) >= 11 is 0. The first-order valence-electron chi connectivity index (χ1n) is 7.12. The maximum Gasteiger partial charge on any atom is -0.00248 e. The molecule has 0 saturated carbocycles. The van der Waals surface area contributed by atoms with Gasteiger partial charge in [0.05, 0.1) is 0 Å². The Balaban J connectivity index is 0. The molecule has 0 aromatic carbocycles. The lowest BCUT2D eigenvalue weighted by Gasteiger charge is -2.08. The predicted molar refractivity (Wildman–Crippen MR) is 81.0 cm³/mol. The quantitative estimate of drug-likeness (QED) is 0.543. The summed E-state index contributed by atoms with van der Waals surface area (Å²) < 4.78 is 0. The number of nitrogens with two attached hydrogens (primary N) is 1. The van der Waals surface area contributed by atoms with Gasteiger partial charge in [0.1, 0.15) is 0 Å². The molecule has 0 saturated heterocycles. The van der Waals surface area contributed by atoms with Crippen LogP contribution in [0.1, 0.15) is 64.2 Å². The highest BCUT2D eigenvalue weighted by molar-refractivity contribution is 5.85. The molecule has 0 amide bonds. The molecule has 0 bridgehead atoms. The fraction of sp³-hybridized carbons (Fsp3) is 1.00. The Morgan fingerprint density at radius 3 is 1.35 bits per heavy atom. The van der Waals surface area contributed by atoms with Crippen LogP contribution >= 0.6 is 12.4 Å². The smallest absolute Gasteiger partial charge is 0.00248 e. The standard InChI is InChI=1S/C14H32N2.ClH/c1-16(2)14-12-10-8-6-4-3-5-7-9-11-13-15;/h3-15H2,1-2H3;1H. The molecule has 0 spiro atoms. The molecule has 0 rings (SSSR count). The Kier molecular flexibility index (Phi) is 18.6. The molecule has 106 valence electrons. The monoisotopic (exact) mass is 264 g/mol.